The smallest absolute Gasteiger partial charge is 0.266 e. The second kappa shape index (κ2) is 7.01. The van der Waals surface area contributed by atoms with Crippen LogP contribution in [0.15, 0.2) is 35.6 Å². The van der Waals surface area contributed by atoms with Crippen LogP contribution in [0.3, 0.4) is 0 Å². The molecule has 0 N–H and O–H groups in total. The van der Waals surface area contributed by atoms with Gasteiger partial charge >= 0.3 is 0 Å². The average Bonchev–Trinajstić information content (AvgIpc) is 3.42. The maximum atomic E-state index is 12.3. The van der Waals surface area contributed by atoms with Crippen LogP contribution in [0.5, 0.6) is 0 Å². The standard InChI is InChI=1S/C19H22N6OS/c26-19-7-6-17(24-10-8-20-13-24)22-25(19)11-14-3-2-9-23(14)12-18-21-15-4-1-5-16(15)27-18/h6-8,10,13-14H,1-5,9,11-12H2. The molecular formula is C19H22N6OS. The fraction of sp³-hybridized carbons (Fsp3) is 0.474. The number of aromatic nitrogens is 5. The normalized spacial score (nSPS) is 19.6. The Balaban J connectivity index is 1.33. The van der Waals surface area contributed by atoms with Gasteiger partial charge in [-0.2, -0.15) is 5.10 Å². The fourth-order valence-electron chi connectivity index (χ4n) is 4.10. The predicted molar refractivity (Wildman–Crippen MR) is 103 cm³/mol. The SMILES string of the molecule is O=c1ccc(-n2ccnc2)nn1CC1CCCN1Cc1nc2c(s1)CCC2. The first-order chi connectivity index (χ1) is 13.3. The summed E-state index contributed by atoms with van der Waals surface area (Å²) in [5.74, 6) is 0.716. The van der Waals surface area contributed by atoms with E-state index in [0.29, 0.717) is 18.4 Å². The van der Waals surface area contributed by atoms with E-state index in [2.05, 4.69) is 15.0 Å². The number of thiazole rings is 1. The van der Waals surface area contributed by atoms with Crippen LogP contribution in [0.25, 0.3) is 5.82 Å². The van der Waals surface area contributed by atoms with Gasteiger partial charge in [-0.05, 0) is 44.7 Å². The van der Waals surface area contributed by atoms with Gasteiger partial charge in [0, 0.05) is 29.4 Å². The van der Waals surface area contributed by atoms with Gasteiger partial charge in [-0.25, -0.2) is 14.6 Å². The van der Waals surface area contributed by atoms with Gasteiger partial charge in [0.15, 0.2) is 5.82 Å². The molecule has 1 aliphatic carbocycles. The Morgan fingerprint density at radius 3 is 3.04 bits per heavy atom. The average molecular weight is 382 g/mol. The second-order valence-electron chi connectivity index (χ2n) is 7.28. The molecule has 1 unspecified atom stereocenters. The number of likely N-dealkylation sites (tertiary alicyclic amines) is 1. The number of imidazole rings is 1. The van der Waals surface area contributed by atoms with E-state index in [9.17, 15) is 4.79 Å². The van der Waals surface area contributed by atoms with E-state index in [1.54, 1.807) is 29.3 Å². The zero-order valence-corrected chi connectivity index (χ0v) is 15.9. The third-order valence-corrected chi connectivity index (χ3v) is 6.62. The first-order valence-electron chi connectivity index (χ1n) is 9.54. The molecule has 7 nitrogen and oxygen atoms in total. The van der Waals surface area contributed by atoms with Crippen LogP contribution >= 0.6 is 11.3 Å². The topological polar surface area (TPSA) is 68.8 Å². The van der Waals surface area contributed by atoms with Crippen molar-refractivity contribution < 1.29 is 0 Å². The Bertz CT molecular complexity index is 971. The van der Waals surface area contributed by atoms with Crippen molar-refractivity contribution in [3.63, 3.8) is 0 Å². The third-order valence-electron chi connectivity index (χ3n) is 5.48. The molecule has 1 saturated heterocycles. The highest BCUT2D eigenvalue weighted by Crippen LogP contribution is 2.30. The highest BCUT2D eigenvalue weighted by atomic mass is 32.1. The van der Waals surface area contributed by atoms with Gasteiger partial charge in [0.05, 0.1) is 18.8 Å². The van der Waals surface area contributed by atoms with Gasteiger partial charge in [0.25, 0.3) is 5.56 Å². The summed E-state index contributed by atoms with van der Waals surface area (Å²) < 4.78 is 3.42. The van der Waals surface area contributed by atoms with Crippen LogP contribution < -0.4 is 5.56 Å². The van der Waals surface area contributed by atoms with Crippen molar-refractivity contribution in [2.24, 2.45) is 0 Å². The number of hydrogen-bond donors (Lipinski definition) is 0. The van der Waals surface area contributed by atoms with E-state index in [4.69, 9.17) is 4.98 Å². The molecule has 0 saturated carbocycles. The van der Waals surface area contributed by atoms with Crippen LogP contribution in [0, 0.1) is 0 Å². The highest BCUT2D eigenvalue weighted by Gasteiger charge is 2.27. The molecular weight excluding hydrogens is 360 g/mol. The van der Waals surface area contributed by atoms with Gasteiger partial charge in [-0.15, -0.1) is 11.3 Å². The van der Waals surface area contributed by atoms with Crippen molar-refractivity contribution in [3.8, 4) is 5.82 Å². The van der Waals surface area contributed by atoms with Crippen molar-refractivity contribution in [3.05, 3.63) is 56.8 Å². The Morgan fingerprint density at radius 1 is 1.22 bits per heavy atom. The molecule has 0 aromatic carbocycles. The Kier molecular flexibility index (Phi) is 4.37. The molecule has 2 aliphatic rings. The zero-order valence-electron chi connectivity index (χ0n) is 15.1. The van der Waals surface area contributed by atoms with Crippen LogP contribution in [0.2, 0.25) is 0 Å². The molecule has 1 fully saturated rings. The number of aryl methyl sites for hydroxylation is 2. The number of fused-ring (bicyclic) bond motifs is 1. The van der Waals surface area contributed by atoms with Gasteiger partial charge in [0.2, 0.25) is 0 Å². The fourth-order valence-corrected chi connectivity index (χ4v) is 5.28. The van der Waals surface area contributed by atoms with E-state index in [-0.39, 0.29) is 5.56 Å². The maximum Gasteiger partial charge on any atom is 0.266 e. The lowest BCUT2D eigenvalue weighted by Crippen LogP contribution is -2.36. The Labute approximate surface area is 161 Å². The quantitative estimate of drug-likeness (QED) is 0.675. The molecule has 1 aliphatic heterocycles. The molecule has 0 spiro atoms. The van der Waals surface area contributed by atoms with E-state index in [1.807, 2.05) is 22.1 Å². The minimum Gasteiger partial charge on any atom is -0.292 e. The van der Waals surface area contributed by atoms with Gasteiger partial charge in [-0.1, -0.05) is 0 Å². The molecule has 27 heavy (non-hydrogen) atoms. The summed E-state index contributed by atoms with van der Waals surface area (Å²) in [5.41, 5.74) is 1.26. The van der Waals surface area contributed by atoms with Crippen molar-refractivity contribution in [1.29, 1.82) is 0 Å². The van der Waals surface area contributed by atoms with E-state index in [0.717, 1.165) is 32.4 Å². The van der Waals surface area contributed by atoms with Crippen LogP contribution in [-0.4, -0.2) is 41.8 Å². The predicted octanol–water partition coefficient (Wildman–Crippen LogP) is 2.04. The number of hydrogen-bond acceptors (Lipinski definition) is 6. The molecule has 4 heterocycles. The molecule has 5 rings (SSSR count). The Morgan fingerprint density at radius 2 is 2.19 bits per heavy atom. The summed E-state index contributed by atoms with van der Waals surface area (Å²) in [6, 6.07) is 3.66. The molecule has 3 aromatic rings. The van der Waals surface area contributed by atoms with Crippen molar-refractivity contribution >= 4 is 11.3 Å². The summed E-state index contributed by atoms with van der Waals surface area (Å²) in [5, 5.41) is 5.77. The van der Waals surface area contributed by atoms with Crippen molar-refractivity contribution in [2.45, 2.75) is 51.2 Å². The van der Waals surface area contributed by atoms with E-state index < -0.39 is 0 Å². The lowest BCUT2D eigenvalue weighted by Gasteiger charge is -2.23. The third kappa shape index (κ3) is 3.35. The van der Waals surface area contributed by atoms with Crippen molar-refractivity contribution in [2.75, 3.05) is 6.54 Å². The first-order valence-corrected chi connectivity index (χ1v) is 10.4. The number of rotatable bonds is 5. The number of nitrogens with zero attached hydrogens (tertiary/aromatic N) is 6. The van der Waals surface area contributed by atoms with Crippen molar-refractivity contribution in [1.82, 2.24) is 29.2 Å². The van der Waals surface area contributed by atoms with E-state index in [1.165, 1.54) is 28.4 Å². The van der Waals surface area contributed by atoms with Crippen LogP contribution in [-0.2, 0) is 25.9 Å². The summed E-state index contributed by atoms with van der Waals surface area (Å²) in [6.07, 6.45) is 11.1. The van der Waals surface area contributed by atoms with Crippen LogP contribution in [0.1, 0.15) is 34.8 Å². The minimum atomic E-state index is -0.0565. The summed E-state index contributed by atoms with van der Waals surface area (Å²) in [6.45, 7) is 2.57. The van der Waals surface area contributed by atoms with Crippen LogP contribution in [0.4, 0.5) is 0 Å². The monoisotopic (exact) mass is 382 g/mol. The molecule has 0 amide bonds. The molecule has 8 heteroatoms. The zero-order chi connectivity index (χ0) is 18.2. The van der Waals surface area contributed by atoms with Gasteiger partial charge < -0.3 is 0 Å². The Hall–Kier alpha value is -2.32. The molecule has 0 bridgehead atoms. The molecule has 0 radical (unpaired) electrons. The van der Waals surface area contributed by atoms with Gasteiger partial charge in [-0.3, -0.25) is 14.3 Å². The molecule has 3 aromatic heterocycles. The maximum absolute atomic E-state index is 12.3. The van der Waals surface area contributed by atoms with E-state index >= 15 is 0 Å². The summed E-state index contributed by atoms with van der Waals surface area (Å²) in [4.78, 5) is 25.2. The largest absolute Gasteiger partial charge is 0.292 e. The first kappa shape index (κ1) is 16.8. The minimum absolute atomic E-state index is 0.0565. The lowest BCUT2D eigenvalue weighted by atomic mass is 10.2. The van der Waals surface area contributed by atoms with Gasteiger partial charge in [0.1, 0.15) is 11.3 Å². The second-order valence-corrected chi connectivity index (χ2v) is 8.45. The lowest BCUT2D eigenvalue weighted by molar-refractivity contribution is 0.216. The summed E-state index contributed by atoms with van der Waals surface area (Å²) >= 11 is 1.87. The summed E-state index contributed by atoms with van der Waals surface area (Å²) in [7, 11) is 0. The molecule has 1 atom stereocenters. The highest BCUT2D eigenvalue weighted by molar-refractivity contribution is 7.11. The molecule has 140 valence electrons.